The van der Waals surface area contributed by atoms with Crippen LogP contribution in [-0.2, 0) is 17.6 Å². The number of amides is 1. The van der Waals surface area contributed by atoms with E-state index in [0.29, 0.717) is 11.5 Å². The molecule has 0 radical (unpaired) electrons. The summed E-state index contributed by atoms with van der Waals surface area (Å²) in [5.74, 6) is 1.23. The number of methoxy groups -OCH3 is 2. The van der Waals surface area contributed by atoms with Crippen molar-refractivity contribution in [3.63, 3.8) is 0 Å². The highest BCUT2D eigenvalue weighted by Crippen LogP contribution is 2.52. The highest BCUT2D eigenvalue weighted by Gasteiger charge is 2.51. The minimum absolute atomic E-state index is 0.0165. The lowest BCUT2D eigenvalue weighted by Gasteiger charge is -2.55. The number of hydrogen-bond acceptors (Lipinski definition) is 4. The number of carbonyl (C=O) groups is 1. The molecule has 3 heterocycles. The lowest BCUT2D eigenvalue weighted by atomic mass is 9.76. The maximum atomic E-state index is 14.2. The van der Waals surface area contributed by atoms with Gasteiger partial charge in [0.2, 0.25) is 5.91 Å². The highest BCUT2D eigenvalue weighted by molar-refractivity contribution is 5.87. The molecule has 5 heteroatoms. The molecule has 3 aromatic rings. The quantitative estimate of drug-likeness (QED) is 0.602. The standard InChI is InChI=1S/C28H28N2O3/c1-32-23-12-11-20(17-24(23)33-2)25-26-21-9-5-3-7-18(21)13-15-29(26)27-22-10-6-4-8-19(22)14-16-30(27)28(25)31/h3-12,17,25-27H,13-16H2,1-2H3. The average molecular weight is 441 g/mol. The summed E-state index contributed by atoms with van der Waals surface area (Å²) in [5, 5.41) is 0. The first kappa shape index (κ1) is 20.3. The Kier molecular flexibility index (Phi) is 4.88. The maximum Gasteiger partial charge on any atom is 0.233 e. The van der Waals surface area contributed by atoms with Gasteiger partial charge in [-0.05, 0) is 52.8 Å². The molecule has 6 rings (SSSR count). The Labute approximate surface area is 194 Å². The van der Waals surface area contributed by atoms with Gasteiger partial charge in [0, 0.05) is 13.1 Å². The van der Waals surface area contributed by atoms with E-state index in [1.165, 1.54) is 22.3 Å². The van der Waals surface area contributed by atoms with E-state index in [0.717, 1.165) is 31.5 Å². The van der Waals surface area contributed by atoms with Crippen LogP contribution in [0.2, 0.25) is 0 Å². The predicted molar refractivity (Wildman–Crippen MR) is 126 cm³/mol. The number of benzene rings is 3. The van der Waals surface area contributed by atoms with Crippen molar-refractivity contribution >= 4 is 5.91 Å². The summed E-state index contributed by atoms with van der Waals surface area (Å²) in [6, 6.07) is 23.1. The third-order valence-corrected chi connectivity index (χ3v) is 7.57. The topological polar surface area (TPSA) is 42.0 Å². The Bertz CT molecular complexity index is 1220. The van der Waals surface area contributed by atoms with E-state index in [-0.39, 0.29) is 24.0 Å². The lowest BCUT2D eigenvalue weighted by Crippen LogP contribution is -2.59. The first-order chi connectivity index (χ1) is 16.2. The van der Waals surface area contributed by atoms with Gasteiger partial charge in [0.05, 0.1) is 26.2 Å². The molecule has 0 saturated carbocycles. The second kappa shape index (κ2) is 7.92. The molecule has 1 amide bonds. The van der Waals surface area contributed by atoms with Gasteiger partial charge in [-0.2, -0.15) is 0 Å². The average Bonchev–Trinajstić information content (AvgIpc) is 2.88. The fourth-order valence-corrected chi connectivity index (χ4v) is 6.08. The number of fused-ring (bicyclic) bond motifs is 7. The number of carbonyl (C=O) groups excluding carboxylic acids is 1. The molecule has 1 fully saturated rings. The predicted octanol–water partition coefficient (Wildman–Crippen LogP) is 4.48. The summed E-state index contributed by atoms with van der Waals surface area (Å²) < 4.78 is 11.1. The molecule has 0 N–H and O–H groups in total. The van der Waals surface area contributed by atoms with Crippen LogP contribution in [-0.4, -0.2) is 43.0 Å². The van der Waals surface area contributed by atoms with Crippen molar-refractivity contribution in [1.29, 1.82) is 0 Å². The van der Waals surface area contributed by atoms with Gasteiger partial charge >= 0.3 is 0 Å². The second-order valence-corrected chi connectivity index (χ2v) is 9.08. The van der Waals surface area contributed by atoms with E-state index in [2.05, 4.69) is 58.3 Å². The largest absolute Gasteiger partial charge is 0.493 e. The van der Waals surface area contributed by atoms with E-state index in [1.54, 1.807) is 14.2 Å². The monoisotopic (exact) mass is 440 g/mol. The molecule has 0 aromatic heterocycles. The first-order valence-electron chi connectivity index (χ1n) is 11.6. The SMILES string of the molecule is COc1ccc(C2C(=O)N3CCc4ccccc4C3N3CCc4ccccc4C23)cc1OC. The zero-order chi connectivity index (χ0) is 22.5. The van der Waals surface area contributed by atoms with Gasteiger partial charge in [0.1, 0.15) is 6.17 Å². The molecular weight excluding hydrogens is 412 g/mol. The Balaban J connectivity index is 1.54. The summed E-state index contributed by atoms with van der Waals surface area (Å²) in [7, 11) is 3.28. The van der Waals surface area contributed by atoms with Crippen molar-refractivity contribution in [3.8, 4) is 11.5 Å². The van der Waals surface area contributed by atoms with Crippen molar-refractivity contribution in [3.05, 3.63) is 94.5 Å². The van der Waals surface area contributed by atoms with Crippen LogP contribution < -0.4 is 9.47 Å². The van der Waals surface area contributed by atoms with E-state index >= 15 is 0 Å². The van der Waals surface area contributed by atoms with E-state index in [1.807, 2.05) is 18.2 Å². The van der Waals surface area contributed by atoms with E-state index in [4.69, 9.17) is 9.47 Å². The third-order valence-electron chi connectivity index (χ3n) is 7.57. The number of hydrogen-bond donors (Lipinski definition) is 0. The highest BCUT2D eigenvalue weighted by atomic mass is 16.5. The Morgan fingerprint density at radius 2 is 1.45 bits per heavy atom. The van der Waals surface area contributed by atoms with Crippen LogP contribution >= 0.6 is 0 Å². The summed E-state index contributed by atoms with van der Waals surface area (Å²) in [6.45, 7) is 1.67. The Morgan fingerprint density at radius 1 is 0.788 bits per heavy atom. The van der Waals surface area contributed by atoms with Crippen LogP contribution in [0.4, 0.5) is 0 Å². The van der Waals surface area contributed by atoms with Crippen LogP contribution in [0.3, 0.4) is 0 Å². The molecule has 3 unspecified atom stereocenters. The van der Waals surface area contributed by atoms with Crippen LogP contribution in [0.25, 0.3) is 0 Å². The van der Waals surface area contributed by atoms with Crippen LogP contribution in [0.5, 0.6) is 11.5 Å². The number of ether oxygens (including phenoxy) is 2. The number of rotatable bonds is 3. The molecule has 168 valence electrons. The molecule has 3 aliphatic heterocycles. The molecule has 0 spiro atoms. The lowest BCUT2D eigenvalue weighted by molar-refractivity contribution is -0.155. The van der Waals surface area contributed by atoms with Crippen molar-refractivity contribution in [1.82, 2.24) is 9.80 Å². The van der Waals surface area contributed by atoms with E-state index in [9.17, 15) is 4.79 Å². The van der Waals surface area contributed by atoms with Gasteiger partial charge in [-0.1, -0.05) is 54.6 Å². The Morgan fingerprint density at radius 3 is 2.21 bits per heavy atom. The fourth-order valence-electron chi connectivity index (χ4n) is 6.08. The molecule has 3 aromatic carbocycles. The molecular formula is C28H28N2O3. The van der Waals surface area contributed by atoms with Crippen molar-refractivity contribution in [2.24, 2.45) is 0 Å². The van der Waals surface area contributed by atoms with Gasteiger partial charge in [-0.25, -0.2) is 0 Å². The van der Waals surface area contributed by atoms with Gasteiger partial charge in [-0.3, -0.25) is 9.69 Å². The van der Waals surface area contributed by atoms with Crippen LogP contribution in [0.1, 0.15) is 45.9 Å². The fraction of sp³-hybridized carbons (Fsp3) is 0.321. The van der Waals surface area contributed by atoms with E-state index < -0.39 is 0 Å². The van der Waals surface area contributed by atoms with Crippen molar-refractivity contribution < 1.29 is 14.3 Å². The molecule has 3 aliphatic rings. The van der Waals surface area contributed by atoms with Gasteiger partial charge in [-0.15, -0.1) is 0 Å². The number of nitrogens with zero attached hydrogens (tertiary/aromatic N) is 2. The molecule has 5 nitrogen and oxygen atoms in total. The molecule has 33 heavy (non-hydrogen) atoms. The molecule has 0 bridgehead atoms. The van der Waals surface area contributed by atoms with Crippen LogP contribution in [0.15, 0.2) is 66.7 Å². The summed E-state index contributed by atoms with van der Waals surface area (Å²) in [6.07, 6.45) is 1.87. The molecule has 1 saturated heterocycles. The van der Waals surface area contributed by atoms with Gasteiger partial charge in [0.15, 0.2) is 11.5 Å². The van der Waals surface area contributed by atoms with Gasteiger partial charge in [0.25, 0.3) is 0 Å². The van der Waals surface area contributed by atoms with Crippen LogP contribution in [0, 0.1) is 0 Å². The van der Waals surface area contributed by atoms with Crippen molar-refractivity contribution in [2.45, 2.75) is 31.0 Å². The normalized spacial score (nSPS) is 23.8. The zero-order valence-electron chi connectivity index (χ0n) is 19.0. The second-order valence-electron chi connectivity index (χ2n) is 9.08. The smallest absolute Gasteiger partial charge is 0.233 e. The maximum absolute atomic E-state index is 14.2. The first-order valence-corrected chi connectivity index (χ1v) is 11.6. The summed E-state index contributed by atoms with van der Waals surface area (Å²) >= 11 is 0. The zero-order valence-corrected chi connectivity index (χ0v) is 19.0. The third kappa shape index (κ3) is 3.06. The molecule has 3 atom stereocenters. The van der Waals surface area contributed by atoms with Gasteiger partial charge < -0.3 is 14.4 Å². The molecule has 0 aliphatic carbocycles. The minimum Gasteiger partial charge on any atom is -0.493 e. The Hall–Kier alpha value is -3.31. The minimum atomic E-state index is -0.298. The summed E-state index contributed by atoms with van der Waals surface area (Å²) in [4.78, 5) is 18.9. The summed E-state index contributed by atoms with van der Waals surface area (Å²) in [5.41, 5.74) is 6.21. The van der Waals surface area contributed by atoms with Crippen molar-refractivity contribution in [2.75, 3.05) is 27.3 Å².